The lowest BCUT2D eigenvalue weighted by molar-refractivity contribution is 0.00649. The molecule has 128 valence electrons. The van der Waals surface area contributed by atoms with Crippen LogP contribution in [-0.4, -0.2) is 61.2 Å². The number of sulfone groups is 1. The lowest BCUT2D eigenvalue weighted by atomic mass is 9.97. The molecular formula is C15H28N2O4S. The number of rotatable bonds is 2. The molecule has 2 fully saturated rings. The number of nitrogens with zero attached hydrogens (tertiary/aromatic N) is 1. The lowest BCUT2D eigenvalue weighted by Gasteiger charge is -2.41. The Morgan fingerprint density at radius 2 is 1.95 bits per heavy atom. The Morgan fingerprint density at radius 1 is 1.27 bits per heavy atom. The average Bonchev–Trinajstić information content (AvgIpc) is 2.69. The van der Waals surface area contributed by atoms with E-state index in [0.29, 0.717) is 13.0 Å². The summed E-state index contributed by atoms with van der Waals surface area (Å²) in [5, 5.41) is 3.44. The third-order valence-electron chi connectivity index (χ3n) is 4.30. The second-order valence-corrected chi connectivity index (χ2v) is 9.66. The molecule has 2 aliphatic rings. The molecule has 0 aromatic rings. The minimum Gasteiger partial charge on any atom is -0.444 e. The molecule has 2 heterocycles. The van der Waals surface area contributed by atoms with E-state index in [1.54, 1.807) is 4.90 Å². The molecule has 6 nitrogen and oxygen atoms in total. The van der Waals surface area contributed by atoms with Gasteiger partial charge < -0.3 is 15.0 Å². The normalized spacial score (nSPS) is 32.0. The van der Waals surface area contributed by atoms with E-state index in [9.17, 15) is 13.2 Å². The van der Waals surface area contributed by atoms with E-state index in [0.717, 1.165) is 12.8 Å². The third-order valence-corrected chi connectivity index (χ3v) is 6.07. The Hall–Kier alpha value is -0.820. The van der Waals surface area contributed by atoms with Gasteiger partial charge in [0.1, 0.15) is 5.60 Å². The molecule has 7 heteroatoms. The molecule has 0 bridgehead atoms. The fourth-order valence-electron chi connectivity index (χ4n) is 3.17. The molecule has 22 heavy (non-hydrogen) atoms. The molecule has 0 saturated carbocycles. The molecule has 1 N–H and O–H groups in total. The summed E-state index contributed by atoms with van der Waals surface area (Å²) in [5.74, 6) is 0.476. The van der Waals surface area contributed by atoms with Gasteiger partial charge in [-0.25, -0.2) is 13.2 Å². The molecule has 2 saturated heterocycles. The van der Waals surface area contributed by atoms with Gasteiger partial charge in [0.15, 0.2) is 9.84 Å². The number of hydrogen-bond donors (Lipinski definition) is 1. The van der Waals surface area contributed by atoms with Crippen LogP contribution in [0.1, 0.15) is 47.0 Å². The number of hydrogen-bond acceptors (Lipinski definition) is 5. The molecule has 3 atom stereocenters. The van der Waals surface area contributed by atoms with E-state index in [2.05, 4.69) is 5.32 Å². The maximum atomic E-state index is 12.3. The summed E-state index contributed by atoms with van der Waals surface area (Å²) >= 11 is 0. The van der Waals surface area contributed by atoms with Crippen molar-refractivity contribution < 1.29 is 17.9 Å². The highest BCUT2D eigenvalue weighted by atomic mass is 32.2. The van der Waals surface area contributed by atoms with E-state index >= 15 is 0 Å². The number of likely N-dealkylation sites (tertiary alicyclic amines) is 1. The van der Waals surface area contributed by atoms with Gasteiger partial charge in [-0.05, 0) is 47.0 Å². The van der Waals surface area contributed by atoms with Crippen molar-refractivity contribution in [1.29, 1.82) is 0 Å². The average molecular weight is 332 g/mol. The molecule has 1 amide bonds. The summed E-state index contributed by atoms with van der Waals surface area (Å²) in [5.41, 5.74) is -0.503. The van der Waals surface area contributed by atoms with Crippen LogP contribution in [0.4, 0.5) is 4.79 Å². The SMILES string of the molecule is CC1C(NC2CCS(=O)(=O)C2)CCCN1C(=O)OC(C)(C)C. The van der Waals surface area contributed by atoms with Crippen molar-refractivity contribution in [2.24, 2.45) is 0 Å². The van der Waals surface area contributed by atoms with Gasteiger partial charge in [-0.2, -0.15) is 0 Å². The zero-order chi connectivity index (χ0) is 16.5. The number of amides is 1. The fourth-order valence-corrected chi connectivity index (χ4v) is 4.86. The summed E-state index contributed by atoms with van der Waals surface area (Å²) < 4.78 is 28.6. The molecule has 2 aliphatic heterocycles. The van der Waals surface area contributed by atoms with Crippen molar-refractivity contribution in [3.8, 4) is 0 Å². The van der Waals surface area contributed by atoms with Gasteiger partial charge >= 0.3 is 6.09 Å². The van der Waals surface area contributed by atoms with Gasteiger partial charge in [0.05, 0.1) is 11.5 Å². The monoisotopic (exact) mass is 332 g/mol. The summed E-state index contributed by atoms with van der Waals surface area (Å²) in [6.07, 6.45) is 2.24. The van der Waals surface area contributed by atoms with Crippen molar-refractivity contribution in [3.63, 3.8) is 0 Å². The molecular weight excluding hydrogens is 304 g/mol. The number of carbonyl (C=O) groups is 1. The van der Waals surface area contributed by atoms with E-state index in [-0.39, 0.29) is 35.7 Å². The van der Waals surface area contributed by atoms with Crippen LogP contribution in [0.3, 0.4) is 0 Å². The molecule has 2 rings (SSSR count). The van der Waals surface area contributed by atoms with Gasteiger partial charge in [-0.15, -0.1) is 0 Å². The highest BCUT2D eigenvalue weighted by Gasteiger charge is 2.36. The van der Waals surface area contributed by atoms with E-state index < -0.39 is 15.4 Å². The Morgan fingerprint density at radius 3 is 2.50 bits per heavy atom. The van der Waals surface area contributed by atoms with E-state index in [4.69, 9.17) is 4.74 Å². The molecule has 0 aromatic carbocycles. The number of nitrogens with one attached hydrogen (secondary N) is 1. The number of carbonyl (C=O) groups excluding carboxylic acids is 1. The standard InChI is InChI=1S/C15H28N2O4S/c1-11-13(16-12-7-9-22(19,20)10-12)6-5-8-17(11)14(18)21-15(2,3)4/h11-13,16H,5-10H2,1-4H3. The van der Waals surface area contributed by atoms with Gasteiger partial charge in [0, 0.05) is 24.7 Å². The van der Waals surface area contributed by atoms with Crippen molar-refractivity contribution in [3.05, 3.63) is 0 Å². The van der Waals surface area contributed by atoms with Crippen molar-refractivity contribution in [2.75, 3.05) is 18.1 Å². The van der Waals surface area contributed by atoms with Crippen molar-refractivity contribution >= 4 is 15.9 Å². The molecule has 0 spiro atoms. The maximum Gasteiger partial charge on any atom is 0.410 e. The fraction of sp³-hybridized carbons (Fsp3) is 0.933. The molecule has 0 radical (unpaired) electrons. The van der Waals surface area contributed by atoms with Gasteiger partial charge in [0.2, 0.25) is 0 Å². The highest BCUT2D eigenvalue weighted by Crippen LogP contribution is 2.22. The molecule has 3 unspecified atom stereocenters. The zero-order valence-electron chi connectivity index (χ0n) is 14.0. The first-order chi connectivity index (χ1) is 10.1. The number of piperidine rings is 1. The van der Waals surface area contributed by atoms with Crippen LogP contribution in [0.15, 0.2) is 0 Å². The Labute approximate surface area is 133 Å². The summed E-state index contributed by atoms with van der Waals surface area (Å²) in [6.45, 7) is 8.28. The predicted molar refractivity (Wildman–Crippen MR) is 85.6 cm³/mol. The molecule has 0 aromatic heterocycles. The van der Waals surface area contributed by atoms with E-state index in [1.165, 1.54) is 0 Å². The van der Waals surface area contributed by atoms with Crippen LogP contribution in [0.2, 0.25) is 0 Å². The predicted octanol–water partition coefficient (Wildman–Crippen LogP) is 1.55. The van der Waals surface area contributed by atoms with Crippen LogP contribution in [0.25, 0.3) is 0 Å². The Balaban J connectivity index is 1.95. The first-order valence-corrected chi connectivity index (χ1v) is 9.86. The third kappa shape index (κ3) is 4.59. The highest BCUT2D eigenvalue weighted by molar-refractivity contribution is 7.91. The topological polar surface area (TPSA) is 75.7 Å². The number of ether oxygens (including phenoxy) is 1. The Bertz CT molecular complexity index is 512. The minimum absolute atomic E-state index is 0.00639. The zero-order valence-corrected chi connectivity index (χ0v) is 14.8. The van der Waals surface area contributed by atoms with Crippen molar-refractivity contribution in [2.45, 2.75) is 70.7 Å². The van der Waals surface area contributed by atoms with Gasteiger partial charge in [-0.3, -0.25) is 0 Å². The summed E-state index contributed by atoms with van der Waals surface area (Å²) in [4.78, 5) is 14.0. The van der Waals surface area contributed by atoms with Crippen LogP contribution < -0.4 is 5.32 Å². The Kier molecular flexibility index (Phi) is 5.06. The van der Waals surface area contributed by atoms with Crippen LogP contribution in [-0.2, 0) is 14.6 Å². The quantitative estimate of drug-likeness (QED) is 0.830. The lowest BCUT2D eigenvalue weighted by Crippen LogP contribution is -2.57. The first kappa shape index (κ1) is 17.5. The smallest absolute Gasteiger partial charge is 0.410 e. The minimum atomic E-state index is -2.89. The first-order valence-electron chi connectivity index (χ1n) is 8.03. The second-order valence-electron chi connectivity index (χ2n) is 7.43. The second kappa shape index (κ2) is 6.35. The van der Waals surface area contributed by atoms with Crippen LogP contribution >= 0.6 is 0 Å². The summed E-state index contributed by atoms with van der Waals surface area (Å²) in [7, 11) is -2.89. The summed E-state index contributed by atoms with van der Waals surface area (Å²) in [6, 6.07) is 0.141. The van der Waals surface area contributed by atoms with Crippen molar-refractivity contribution in [1.82, 2.24) is 10.2 Å². The molecule has 0 aliphatic carbocycles. The largest absolute Gasteiger partial charge is 0.444 e. The van der Waals surface area contributed by atoms with E-state index in [1.807, 2.05) is 27.7 Å². The van der Waals surface area contributed by atoms with Crippen LogP contribution in [0, 0.1) is 0 Å². The maximum absolute atomic E-state index is 12.3. The van der Waals surface area contributed by atoms with Gasteiger partial charge in [-0.1, -0.05) is 0 Å². The van der Waals surface area contributed by atoms with Crippen LogP contribution in [0.5, 0.6) is 0 Å². The van der Waals surface area contributed by atoms with Gasteiger partial charge in [0.25, 0.3) is 0 Å².